The summed E-state index contributed by atoms with van der Waals surface area (Å²) in [5, 5.41) is 11.1. The van der Waals surface area contributed by atoms with E-state index in [-0.39, 0.29) is 11.9 Å². The monoisotopic (exact) mass is 510 g/mol. The van der Waals surface area contributed by atoms with Gasteiger partial charge >= 0.3 is 0 Å². The first-order valence-corrected chi connectivity index (χ1v) is 12.1. The molecule has 38 heavy (non-hydrogen) atoms. The van der Waals surface area contributed by atoms with Crippen LogP contribution in [-0.2, 0) is 6.54 Å². The molecular formula is C28H27FN8O. The van der Waals surface area contributed by atoms with E-state index in [1.165, 1.54) is 17.8 Å². The number of pyridine rings is 2. The molecule has 10 heteroatoms. The SMILES string of the molecule is COc1ncc(-c2cnn(Cc3ccccc3)c2)cc1Nc1ncc(C)c(NC(C)c2ccc(F)cn2)n1. The van der Waals surface area contributed by atoms with Gasteiger partial charge in [0, 0.05) is 35.3 Å². The maximum atomic E-state index is 13.3. The van der Waals surface area contributed by atoms with Crippen LogP contribution in [0.2, 0.25) is 0 Å². The van der Waals surface area contributed by atoms with Gasteiger partial charge in [-0.25, -0.2) is 14.4 Å². The number of hydrogen-bond acceptors (Lipinski definition) is 8. The number of ether oxygens (including phenoxy) is 1. The number of methoxy groups -OCH3 is 1. The van der Waals surface area contributed by atoms with E-state index in [0.29, 0.717) is 35.6 Å². The van der Waals surface area contributed by atoms with E-state index in [0.717, 1.165) is 16.7 Å². The Morgan fingerprint density at radius 2 is 1.82 bits per heavy atom. The molecule has 4 heterocycles. The van der Waals surface area contributed by atoms with Gasteiger partial charge in [0.05, 0.1) is 37.8 Å². The number of rotatable bonds is 9. The van der Waals surface area contributed by atoms with Crippen LogP contribution in [0.3, 0.4) is 0 Å². The number of benzene rings is 1. The van der Waals surface area contributed by atoms with Crippen molar-refractivity contribution in [2.24, 2.45) is 0 Å². The zero-order valence-corrected chi connectivity index (χ0v) is 21.3. The molecule has 1 aromatic carbocycles. The Kier molecular flexibility index (Phi) is 7.21. The van der Waals surface area contributed by atoms with Gasteiger partial charge in [0.1, 0.15) is 17.3 Å². The molecule has 0 radical (unpaired) electrons. The highest BCUT2D eigenvalue weighted by molar-refractivity contribution is 5.71. The van der Waals surface area contributed by atoms with Gasteiger partial charge in [-0.3, -0.25) is 9.67 Å². The van der Waals surface area contributed by atoms with E-state index in [1.807, 2.05) is 55.2 Å². The lowest BCUT2D eigenvalue weighted by atomic mass is 10.1. The van der Waals surface area contributed by atoms with Gasteiger partial charge in [0.2, 0.25) is 11.8 Å². The van der Waals surface area contributed by atoms with Gasteiger partial charge in [-0.05, 0) is 37.6 Å². The highest BCUT2D eigenvalue weighted by atomic mass is 19.1. The van der Waals surface area contributed by atoms with Crippen molar-refractivity contribution in [3.8, 4) is 17.0 Å². The summed E-state index contributed by atoms with van der Waals surface area (Å²) in [6.45, 7) is 4.52. The average Bonchev–Trinajstić information content (AvgIpc) is 3.40. The minimum atomic E-state index is -0.376. The molecule has 0 aliphatic rings. The maximum absolute atomic E-state index is 13.3. The Balaban J connectivity index is 1.36. The number of aromatic nitrogens is 6. The second kappa shape index (κ2) is 11.0. The molecule has 0 bridgehead atoms. The lowest BCUT2D eigenvalue weighted by Gasteiger charge is -2.17. The molecule has 0 fully saturated rings. The number of anilines is 3. The van der Waals surface area contributed by atoms with Crippen LogP contribution in [0.15, 0.2) is 79.5 Å². The minimum Gasteiger partial charge on any atom is -0.480 e. The van der Waals surface area contributed by atoms with Crippen LogP contribution in [0.25, 0.3) is 11.1 Å². The first-order valence-electron chi connectivity index (χ1n) is 12.1. The van der Waals surface area contributed by atoms with Crippen LogP contribution in [-0.4, -0.2) is 36.8 Å². The lowest BCUT2D eigenvalue weighted by molar-refractivity contribution is 0.400. The number of hydrogen-bond donors (Lipinski definition) is 2. The number of aryl methyl sites for hydroxylation is 1. The van der Waals surface area contributed by atoms with Crippen LogP contribution >= 0.6 is 0 Å². The molecule has 0 saturated heterocycles. The van der Waals surface area contributed by atoms with Gasteiger partial charge < -0.3 is 15.4 Å². The average molecular weight is 511 g/mol. The van der Waals surface area contributed by atoms with Gasteiger partial charge in [0.15, 0.2) is 0 Å². The summed E-state index contributed by atoms with van der Waals surface area (Å²) in [5.74, 6) is 1.03. The predicted octanol–water partition coefficient (Wildman–Crippen LogP) is 5.55. The minimum absolute atomic E-state index is 0.191. The van der Waals surface area contributed by atoms with E-state index in [1.54, 1.807) is 25.6 Å². The number of halogens is 1. The van der Waals surface area contributed by atoms with Gasteiger partial charge in [-0.1, -0.05) is 30.3 Å². The van der Waals surface area contributed by atoms with Crippen LogP contribution in [0.4, 0.5) is 21.8 Å². The van der Waals surface area contributed by atoms with E-state index in [9.17, 15) is 4.39 Å². The van der Waals surface area contributed by atoms with Crippen LogP contribution in [0.1, 0.15) is 29.8 Å². The van der Waals surface area contributed by atoms with Crippen molar-refractivity contribution in [2.75, 3.05) is 17.7 Å². The molecule has 0 amide bonds. The molecule has 0 aliphatic heterocycles. The third-order valence-electron chi connectivity index (χ3n) is 5.96. The zero-order valence-electron chi connectivity index (χ0n) is 21.3. The second-order valence-electron chi connectivity index (χ2n) is 8.81. The molecule has 0 spiro atoms. The fraction of sp³-hybridized carbons (Fsp3) is 0.179. The predicted molar refractivity (Wildman–Crippen MR) is 144 cm³/mol. The topological polar surface area (TPSA) is 103 Å². The van der Waals surface area contributed by atoms with Gasteiger partial charge in [0.25, 0.3) is 0 Å². The fourth-order valence-corrected chi connectivity index (χ4v) is 3.92. The summed E-state index contributed by atoms with van der Waals surface area (Å²) in [6, 6.07) is 14.9. The van der Waals surface area contributed by atoms with Crippen molar-refractivity contribution < 1.29 is 9.13 Å². The summed E-state index contributed by atoms with van der Waals surface area (Å²) in [4.78, 5) is 17.7. The third kappa shape index (κ3) is 5.75. The second-order valence-corrected chi connectivity index (χ2v) is 8.81. The Labute approximate surface area is 219 Å². The quantitative estimate of drug-likeness (QED) is 0.266. The van der Waals surface area contributed by atoms with E-state index in [4.69, 9.17) is 4.74 Å². The molecule has 4 aromatic heterocycles. The molecule has 2 N–H and O–H groups in total. The maximum Gasteiger partial charge on any atom is 0.237 e. The van der Waals surface area contributed by atoms with Gasteiger partial charge in [-0.2, -0.15) is 10.1 Å². The van der Waals surface area contributed by atoms with Crippen LogP contribution < -0.4 is 15.4 Å². The Bertz CT molecular complexity index is 1520. The molecule has 5 aromatic rings. The van der Waals surface area contributed by atoms with Crippen molar-refractivity contribution in [1.82, 2.24) is 29.7 Å². The summed E-state index contributed by atoms with van der Waals surface area (Å²) in [5.41, 5.74) is 5.13. The van der Waals surface area contributed by atoms with Gasteiger partial charge in [-0.15, -0.1) is 0 Å². The molecule has 0 aliphatic carbocycles. The molecule has 0 saturated carbocycles. The highest BCUT2D eigenvalue weighted by Crippen LogP contribution is 2.30. The first-order chi connectivity index (χ1) is 18.5. The number of nitrogens with one attached hydrogen (secondary N) is 2. The Morgan fingerprint density at radius 1 is 0.974 bits per heavy atom. The highest BCUT2D eigenvalue weighted by Gasteiger charge is 2.14. The zero-order chi connectivity index (χ0) is 26.5. The van der Waals surface area contributed by atoms with Crippen molar-refractivity contribution in [3.63, 3.8) is 0 Å². The molecule has 1 atom stereocenters. The largest absolute Gasteiger partial charge is 0.480 e. The summed E-state index contributed by atoms with van der Waals surface area (Å²) >= 11 is 0. The first kappa shape index (κ1) is 24.8. The van der Waals surface area contributed by atoms with Crippen LogP contribution in [0.5, 0.6) is 5.88 Å². The standard InChI is InChI=1S/C28H27FN8O/c1-18-12-32-28(36-26(18)34-19(2)24-10-9-23(29)15-30-24)35-25-11-21(13-31-27(25)38-3)22-14-33-37(17-22)16-20-7-5-4-6-8-20/h4-15,17,19H,16H2,1-3H3,(H2,32,34,35,36). The number of nitrogens with zero attached hydrogens (tertiary/aromatic N) is 6. The fourth-order valence-electron chi connectivity index (χ4n) is 3.92. The van der Waals surface area contributed by atoms with Crippen molar-refractivity contribution >= 4 is 17.5 Å². The summed E-state index contributed by atoms with van der Waals surface area (Å²) < 4.78 is 20.6. The smallest absolute Gasteiger partial charge is 0.237 e. The molecule has 9 nitrogen and oxygen atoms in total. The Hall–Kier alpha value is -4.86. The normalized spacial score (nSPS) is 11.7. The van der Waals surface area contributed by atoms with Crippen LogP contribution in [0, 0.1) is 12.7 Å². The molecular weight excluding hydrogens is 483 g/mol. The summed E-state index contributed by atoms with van der Waals surface area (Å²) in [7, 11) is 1.56. The molecule has 5 rings (SSSR count). The van der Waals surface area contributed by atoms with Crippen molar-refractivity contribution in [1.29, 1.82) is 0 Å². The summed E-state index contributed by atoms with van der Waals surface area (Å²) in [6.07, 6.45) is 8.46. The van der Waals surface area contributed by atoms with E-state index in [2.05, 4.69) is 47.8 Å². The van der Waals surface area contributed by atoms with E-state index >= 15 is 0 Å². The van der Waals surface area contributed by atoms with Crippen molar-refractivity contribution in [3.05, 3.63) is 102 Å². The lowest BCUT2D eigenvalue weighted by Crippen LogP contribution is -2.12. The molecule has 1 unspecified atom stereocenters. The van der Waals surface area contributed by atoms with Crippen molar-refractivity contribution in [2.45, 2.75) is 26.4 Å². The third-order valence-corrected chi connectivity index (χ3v) is 5.96. The molecule has 192 valence electrons. The Morgan fingerprint density at radius 3 is 2.58 bits per heavy atom. The van der Waals surface area contributed by atoms with E-state index < -0.39 is 0 Å².